The van der Waals surface area contributed by atoms with Gasteiger partial charge in [0.1, 0.15) is 5.78 Å². The molecule has 2 nitrogen and oxygen atoms in total. The molecule has 0 aromatic carbocycles. The van der Waals surface area contributed by atoms with Crippen molar-refractivity contribution in [3.8, 4) is 0 Å². The van der Waals surface area contributed by atoms with E-state index < -0.39 is 0 Å². The van der Waals surface area contributed by atoms with Crippen LogP contribution in [0.4, 0.5) is 0 Å². The first kappa shape index (κ1) is 9.20. The minimum Gasteiger partial charge on any atom is -0.316 e. The zero-order chi connectivity index (χ0) is 9.26. The lowest BCUT2D eigenvalue weighted by molar-refractivity contribution is -0.124. The second kappa shape index (κ2) is 3.79. The summed E-state index contributed by atoms with van der Waals surface area (Å²) in [5, 5.41) is 3.45. The molecule has 1 aliphatic carbocycles. The number of rotatable bonds is 2. The number of piperidine rings is 1. The predicted octanol–water partition coefficient (Wildman–Crippen LogP) is 1.60. The maximum Gasteiger partial charge on any atom is 0.135 e. The van der Waals surface area contributed by atoms with Crippen LogP contribution < -0.4 is 5.32 Å². The molecule has 2 aliphatic rings. The van der Waals surface area contributed by atoms with Gasteiger partial charge in [0.05, 0.1) is 0 Å². The molecular formula is C11H19NO. The summed E-state index contributed by atoms with van der Waals surface area (Å²) in [6.45, 7) is 4.28. The Bertz CT molecular complexity index is 190. The molecule has 1 heterocycles. The van der Waals surface area contributed by atoms with E-state index in [1.54, 1.807) is 0 Å². The molecule has 2 bridgehead atoms. The van der Waals surface area contributed by atoms with Gasteiger partial charge in [-0.2, -0.15) is 0 Å². The summed E-state index contributed by atoms with van der Waals surface area (Å²) in [6.07, 6.45) is 4.39. The van der Waals surface area contributed by atoms with E-state index in [9.17, 15) is 4.79 Å². The average molecular weight is 181 g/mol. The molecule has 1 saturated heterocycles. The molecule has 0 aromatic rings. The molecule has 2 heteroatoms. The van der Waals surface area contributed by atoms with Crippen LogP contribution in [0.5, 0.6) is 0 Å². The van der Waals surface area contributed by atoms with Crippen LogP contribution in [0.1, 0.15) is 32.6 Å². The Kier molecular flexibility index (Phi) is 2.68. The first-order valence-corrected chi connectivity index (χ1v) is 5.53. The van der Waals surface area contributed by atoms with Gasteiger partial charge in [-0.3, -0.25) is 4.79 Å². The van der Waals surface area contributed by atoms with Gasteiger partial charge in [0.15, 0.2) is 0 Å². The average Bonchev–Trinajstić information content (AvgIpc) is 2.16. The molecule has 74 valence electrons. The number of nitrogens with one attached hydrogen (secondary N) is 1. The highest BCUT2D eigenvalue weighted by Crippen LogP contribution is 2.35. The first-order chi connectivity index (χ1) is 6.29. The third kappa shape index (κ3) is 1.93. The molecule has 2 atom stereocenters. The lowest BCUT2D eigenvalue weighted by atomic mass is 9.71. The van der Waals surface area contributed by atoms with E-state index in [1.807, 2.05) is 6.92 Å². The number of hydrogen-bond donors (Lipinski definition) is 1. The van der Waals surface area contributed by atoms with E-state index >= 15 is 0 Å². The summed E-state index contributed by atoms with van der Waals surface area (Å²) < 4.78 is 0. The Hall–Kier alpha value is -0.370. The normalized spacial score (nSPS) is 38.7. The van der Waals surface area contributed by atoms with Crippen LogP contribution in [0.2, 0.25) is 0 Å². The molecule has 2 fully saturated rings. The van der Waals surface area contributed by atoms with Gasteiger partial charge in [0.25, 0.3) is 0 Å². The van der Waals surface area contributed by atoms with Gasteiger partial charge in [-0.05, 0) is 44.2 Å². The zero-order valence-corrected chi connectivity index (χ0v) is 8.38. The van der Waals surface area contributed by atoms with Crippen LogP contribution in [0.3, 0.4) is 0 Å². The van der Waals surface area contributed by atoms with E-state index in [4.69, 9.17) is 0 Å². The second-order valence-electron chi connectivity index (χ2n) is 4.61. The summed E-state index contributed by atoms with van der Waals surface area (Å²) >= 11 is 0. The van der Waals surface area contributed by atoms with Gasteiger partial charge in [-0.25, -0.2) is 0 Å². The summed E-state index contributed by atoms with van der Waals surface area (Å²) in [5.41, 5.74) is 0. The highest BCUT2D eigenvalue weighted by Gasteiger charge is 2.33. The molecule has 1 saturated carbocycles. The molecule has 0 spiro atoms. The van der Waals surface area contributed by atoms with Crippen molar-refractivity contribution in [3.63, 3.8) is 0 Å². The molecule has 13 heavy (non-hydrogen) atoms. The lowest BCUT2D eigenvalue weighted by Gasteiger charge is -2.38. The number of fused-ring (bicyclic) bond motifs is 2. The van der Waals surface area contributed by atoms with Gasteiger partial charge in [0.2, 0.25) is 0 Å². The fraction of sp³-hybridized carbons (Fsp3) is 0.909. The van der Waals surface area contributed by atoms with E-state index in [1.165, 1.54) is 6.42 Å². The number of ketones is 1. The Balaban J connectivity index is 1.97. The predicted molar refractivity (Wildman–Crippen MR) is 52.5 cm³/mol. The maximum absolute atomic E-state index is 11.6. The quantitative estimate of drug-likeness (QED) is 0.701. The van der Waals surface area contributed by atoms with Gasteiger partial charge >= 0.3 is 0 Å². The van der Waals surface area contributed by atoms with Crippen molar-refractivity contribution in [1.29, 1.82) is 0 Å². The van der Waals surface area contributed by atoms with Crippen molar-refractivity contribution >= 4 is 5.78 Å². The van der Waals surface area contributed by atoms with Gasteiger partial charge in [-0.1, -0.05) is 6.92 Å². The van der Waals surface area contributed by atoms with Crippen molar-refractivity contribution in [3.05, 3.63) is 0 Å². The van der Waals surface area contributed by atoms with Crippen LogP contribution in [-0.2, 0) is 4.79 Å². The Labute approximate surface area is 80.1 Å². The summed E-state index contributed by atoms with van der Waals surface area (Å²) in [6, 6.07) is 0. The van der Waals surface area contributed by atoms with Crippen molar-refractivity contribution in [1.82, 2.24) is 5.32 Å². The molecule has 0 aromatic heterocycles. The van der Waals surface area contributed by atoms with Gasteiger partial charge in [-0.15, -0.1) is 0 Å². The smallest absolute Gasteiger partial charge is 0.135 e. The van der Waals surface area contributed by atoms with E-state index in [0.29, 0.717) is 11.7 Å². The van der Waals surface area contributed by atoms with Crippen LogP contribution in [-0.4, -0.2) is 18.9 Å². The minimum atomic E-state index is 0.399. The monoisotopic (exact) mass is 181 g/mol. The highest BCUT2D eigenvalue weighted by molar-refractivity contribution is 5.80. The minimum absolute atomic E-state index is 0.399. The zero-order valence-electron chi connectivity index (χ0n) is 8.38. The van der Waals surface area contributed by atoms with Crippen molar-refractivity contribution < 1.29 is 4.79 Å². The number of Topliss-reactive ketones (excluding diaryl/α,β-unsaturated/α-hetero) is 1. The van der Waals surface area contributed by atoms with E-state index in [0.717, 1.165) is 44.2 Å². The third-order valence-electron chi connectivity index (χ3n) is 3.57. The molecule has 2 rings (SSSR count). The Morgan fingerprint density at radius 2 is 1.85 bits per heavy atom. The van der Waals surface area contributed by atoms with E-state index in [2.05, 4.69) is 5.32 Å². The standard InChI is InChI=1S/C11H19NO/c1-2-11(13)10-4-8-3-9(5-10)7-12-6-8/h8-10,12H,2-7H2,1H3. The summed E-state index contributed by atoms with van der Waals surface area (Å²) in [4.78, 5) is 11.6. The molecule has 0 amide bonds. The van der Waals surface area contributed by atoms with Gasteiger partial charge < -0.3 is 5.32 Å². The van der Waals surface area contributed by atoms with Crippen LogP contribution in [0, 0.1) is 17.8 Å². The summed E-state index contributed by atoms with van der Waals surface area (Å²) in [7, 11) is 0. The second-order valence-corrected chi connectivity index (χ2v) is 4.61. The SMILES string of the molecule is CCC(=O)C1CC2CNCC(C2)C1. The maximum atomic E-state index is 11.6. The Morgan fingerprint density at radius 1 is 1.23 bits per heavy atom. The fourth-order valence-corrected chi connectivity index (χ4v) is 2.94. The Morgan fingerprint density at radius 3 is 2.38 bits per heavy atom. The molecule has 1 aliphatic heterocycles. The van der Waals surface area contributed by atoms with Gasteiger partial charge in [0, 0.05) is 12.3 Å². The largest absolute Gasteiger partial charge is 0.316 e. The van der Waals surface area contributed by atoms with Crippen molar-refractivity contribution in [2.45, 2.75) is 32.6 Å². The topological polar surface area (TPSA) is 29.1 Å². The summed E-state index contributed by atoms with van der Waals surface area (Å²) in [5.74, 6) is 2.47. The molecule has 2 unspecified atom stereocenters. The third-order valence-corrected chi connectivity index (χ3v) is 3.57. The highest BCUT2D eigenvalue weighted by atomic mass is 16.1. The molecule has 0 radical (unpaired) electrons. The van der Waals surface area contributed by atoms with Crippen LogP contribution in [0.25, 0.3) is 0 Å². The van der Waals surface area contributed by atoms with E-state index in [-0.39, 0.29) is 0 Å². The molecule has 1 N–H and O–H groups in total. The van der Waals surface area contributed by atoms with Crippen LogP contribution in [0.15, 0.2) is 0 Å². The fourth-order valence-electron chi connectivity index (χ4n) is 2.94. The number of carbonyl (C=O) groups is 1. The van der Waals surface area contributed by atoms with Crippen molar-refractivity contribution in [2.75, 3.05) is 13.1 Å². The number of carbonyl (C=O) groups excluding carboxylic acids is 1. The molecular weight excluding hydrogens is 162 g/mol. The number of hydrogen-bond acceptors (Lipinski definition) is 2. The lowest BCUT2D eigenvalue weighted by Crippen LogP contribution is -2.42. The first-order valence-electron chi connectivity index (χ1n) is 5.53. The van der Waals surface area contributed by atoms with Crippen LogP contribution >= 0.6 is 0 Å². The van der Waals surface area contributed by atoms with Crippen molar-refractivity contribution in [2.24, 2.45) is 17.8 Å².